The number of ether oxygens (including phenoxy) is 1. The van der Waals surface area contributed by atoms with Crippen LogP contribution in [0.1, 0.15) is 12.8 Å². The highest BCUT2D eigenvalue weighted by Crippen LogP contribution is 2.02. The number of esters is 1. The number of carbonyl (C=O) groups is 2. The molecule has 0 aromatic heterocycles. The Kier molecular flexibility index (Phi) is 3.95. The van der Waals surface area contributed by atoms with E-state index in [1.54, 1.807) is 0 Å². The zero-order valence-electron chi connectivity index (χ0n) is 6.25. The Hall–Kier alpha value is -1.32. The number of carboxylic acids is 1. The molecule has 62 valence electrons. The Morgan fingerprint density at radius 1 is 1.45 bits per heavy atom. The quantitative estimate of drug-likeness (QED) is 0.397. The van der Waals surface area contributed by atoms with Gasteiger partial charge >= 0.3 is 5.97 Å². The van der Waals surface area contributed by atoms with Gasteiger partial charge in [-0.25, -0.2) is 4.79 Å². The first-order chi connectivity index (χ1) is 5.07. The molecule has 0 bridgehead atoms. The van der Waals surface area contributed by atoms with Crippen molar-refractivity contribution in [2.24, 2.45) is 0 Å². The molecule has 0 spiro atoms. The first-order valence-corrected chi connectivity index (χ1v) is 3.04. The summed E-state index contributed by atoms with van der Waals surface area (Å²) in [6, 6.07) is 0. The number of methoxy groups -OCH3 is 1. The molecule has 0 N–H and O–H groups in total. The highest BCUT2D eigenvalue weighted by Gasteiger charge is 2.04. The third-order valence-corrected chi connectivity index (χ3v) is 1.10. The van der Waals surface area contributed by atoms with Gasteiger partial charge in [-0.3, -0.25) is 0 Å². The van der Waals surface area contributed by atoms with Crippen LogP contribution in [-0.2, 0) is 14.3 Å². The molecule has 0 heterocycles. The summed E-state index contributed by atoms with van der Waals surface area (Å²) in [5.74, 6) is -1.78. The van der Waals surface area contributed by atoms with E-state index in [1.807, 2.05) is 0 Å². The number of aliphatic carboxylic acids is 1. The van der Waals surface area contributed by atoms with Crippen LogP contribution in [0.3, 0.4) is 0 Å². The minimum Gasteiger partial charge on any atom is -0.550 e. The molecule has 0 unspecified atom stereocenters. The van der Waals surface area contributed by atoms with Crippen LogP contribution in [0.2, 0.25) is 0 Å². The maximum absolute atomic E-state index is 10.6. The molecule has 0 saturated carbocycles. The Labute approximate surface area is 64.5 Å². The fourth-order valence-electron chi connectivity index (χ4n) is 0.499. The molecule has 0 aromatic rings. The van der Waals surface area contributed by atoms with Crippen molar-refractivity contribution >= 4 is 11.9 Å². The Morgan fingerprint density at radius 2 is 2.00 bits per heavy atom. The van der Waals surface area contributed by atoms with Crippen LogP contribution < -0.4 is 5.11 Å². The van der Waals surface area contributed by atoms with E-state index in [9.17, 15) is 14.7 Å². The standard InChI is InChI=1S/C7H10O4/c1-5(7(10)11-2)3-4-6(8)9/h1,3-4H2,2H3,(H,8,9)/p-1. The van der Waals surface area contributed by atoms with Crippen molar-refractivity contribution in [2.75, 3.05) is 7.11 Å². The summed E-state index contributed by atoms with van der Waals surface area (Å²) in [6.07, 6.45) is -0.122. The molecule has 0 aromatic carbocycles. The lowest BCUT2D eigenvalue weighted by Gasteiger charge is -2.02. The molecule has 0 saturated heterocycles. The number of hydrogen-bond acceptors (Lipinski definition) is 4. The van der Waals surface area contributed by atoms with Gasteiger partial charge in [0.25, 0.3) is 0 Å². The largest absolute Gasteiger partial charge is 0.550 e. The van der Waals surface area contributed by atoms with Crippen molar-refractivity contribution < 1.29 is 19.4 Å². The lowest BCUT2D eigenvalue weighted by Crippen LogP contribution is -2.22. The lowest BCUT2D eigenvalue weighted by atomic mass is 10.2. The fraction of sp³-hybridized carbons (Fsp3) is 0.429. The SMILES string of the molecule is C=C(CCC(=O)[O-])C(=O)OC. The number of hydrogen-bond donors (Lipinski definition) is 0. The van der Waals surface area contributed by atoms with Gasteiger partial charge in [-0.1, -0.05) is 6.58 Å². The highest BCUT2D eigenvalue weighted by atomic mass is 16.5. The molecule has 4 nitrogen and oxygen atoms in total. The first kappa shape index (κ1) is 9.68. The fourth-order valence-corrected chi connectivity index (χ4v) is 0.499. The summed E-state index contributed by atoms with van der Waals surface area (Å²) in [5.41, 5.74) is 0.150. The van der Waals surface area contributed by atoms with Gasteiger partial charge in [0, 0.05) is 11.5 Å². The summed E-state index contributed by atoms with van der Waals surface area (Å²) < 4.78 is 4.29. The minimum absolute atomic E-state index is 0.0784. The summed E-state index contributed by atoms with van der Waals surface area (Å²) in [4.78, 5) is 20.5. The topological polar surface area (TPSA) is 66.4 Å². The monoisotopic (exact) mass is 157 g/mol. The second kappa shape index (κ2) is 4.49. The van der Waals surface area contributed by atoms with Crippen molar-refractivity contribution in [1.82, 2.24) is 0 Å². The molecule has 0 aliphatic carbocycles. The van der Waals surface area contributed by atoms with Crippen LogP contribution in [0.15, 0.2) is 12.2 Å². The molecule has 0 fully saturated rings. The van der Waals surface area contributed by atoms with Crippen molar-refractivity contribution in [3.8, 4) is 0 Å². The number of carbonyl (C=O) groups excluding carboxylic acids is 2. The number of carboxylic acid groups (broad SMARTS) is 1. The van der Waals surface area contributed by atoms with E-state index < -0.39 is 11.9 Å². The highest BCUT2D eigenvalue weighted by molar-refractivity contribution is 5.88. The normalized spacial score (nSPS) is 8.82. The van der Waals surface area contributed by atoms with Crippen molar-refractivity contribution in [1.29, 1.82) is 0 Å². The second-order valence-corrected chi connectivity index (χ2v) is 1.97. The summed E-state index contributed by atoms with van der Waals surface area (Å²) in [6.45, 7) is 3.33. The van der Waals surface area contributed by atoms with Crippen molar-refractivity contribution in [3.63, 3.8) is 0 Å². The predicted molar refractivity (Wildman–Crippen MR) is 35.4 cm³/mol. The third kappa shape index (κ3) is 4.13. The zero-order valence-corrected chi connectivity index (χ0v) is 6.25. The molecule has 4 heteroatoms. The third-order valence-electron chi connectivity index (χ3n) is 1.10. The molecule has 0 amide bonds. The van der Waals surface area contributed by atoms with Gasteiger partial charge in [0.2, 0.25) is 0 Å². The second-order valence-electron chi connectivity index (χ2n) is 1.97. The van der Waals surface area contributed by atoms with E-state index in [2.05, 4.69) is 11.3 Å². The Bertz CT molecular complexity index is 183. The van der Waals surface area contributed by atoms with Crippen LogP contribution >= 0.6 is 0 Å². The van der Waals surface area contributed by atoms with Crippen LogP contribution in [0.25, 0.3) is 0 Å². The maximum Gasteiger partial charge on any atom is 0.333 e. The van der Waals surface area contributed by atoms with E-state index in [0.29, 0.717) is 0 Å². The van der Waals surface area contributed by atoms with E-state index in [0.717, 1.165) is 0 Å². The van der Waals surface area contributed by atoms with Crippen molar-refractivity contribution in [2.45, 2.75) is 12.8 Å². The average molecular weight is 157 g/mol. The van der Waals surface area contributed by atoms with Crippen LogP contribution in [0.4, 0.5) is 0 Å². The molecular formula is C7H9O4-. The molecule has 0 radical (unpaired) electrons. The molecule has 0 aliphatic heterocycles. The number of rotatable bonds is 4. The smallest absolute Gasteiger partial charge is 0.333 e. The zero-order chi connectivity index (χ0) is 8.85. The van der Waals surface area contributed by atoms with Crippen molar-refractivity contribution in [3.05, 3.63) is 12.2 Å². The molecular weight excluding hydrogens is 148 g/mol. The van der Waals surface area contributed by atoms with Gasteiger partial charge in [0.1, 0.15) is 0 Å². The van der Waals surface area contributed by atoms with Gasteiger partial charge in [0.05, 0.1) is 7.11 Å². The van der Waals surface area contributed by atoms with Crippen LogP contribution in [0, 0.1) is 0 Å². The maximum atomic E-state index is 10.6. The van der Waals surface area contributed by atoms with E-state index >= 15 is 0 Å². The molecule has 11 heavy (non-hydrogen) atoms. The first-order valence-electron chi connectivity index (χ1n) is 3.04. The predicted octanol–water partition coefficient (Wildman–Crippen LogP) is -0.754. The van der Waals surface area contributed by atoms with E-state index in [-0.39, 0.29) is 18.4 Å². The van der Waals surface area contributed by atoms with Gasteiger partial charge in [0.15, 0.2) is 0 Å². The summed E-state index contributed by atoms with van der Waals surface area (Å²) in [5, 5.41) is 9.91. The Morgan fingerprint density at radius 3 is 2.36 bits per heavy atom. The lowest BCUT2D eigenvalue weighted by molar-refractivity contribution is -0.305. The summed E-state index contributed by atoms with van der Waals surface area (Å²) >= 11 is 0. The Balaban J connectivity index is 3.70. The van der Waals surface area contributed by atoms with Gasteiger partial charge in [-0.2, -0.15) is 0 Å². The minimum atomic E-state index is -1.20. The molecule has 0 aliphatic rings. The molecule has 0 rings (SSSR count). The van der Waals surface area contributed by atoms with Gasteiger partial charge in [-0.05, 0) is 12.8 Å². The van der Waals surface area contributed by atoms with E-state index in [1.165, 1.54) is 7.11 Å². The van der Waals surface area contributed by atoms with Gasteiger partial charge in [-0.15, -0.1) is 0 Å². The molecule has 0 atom stereocenters. The summed E-state index contributed by atoms with van der Waals surface area (Å²) in [7, 11) is 1.21. The van der Waals surface area contributed by atoms with Crippen LogP contribution in [-0.4, -0.2) is 19.0 Å². The van der Waals surface area contributed by atoms with E-state index in [4.69, 9.17) is 0 Å². The van der Waals surface area contributed by atoms with Gasteiger partial charge < -0.3 is 14.6 Å². The average Bonchev–Trinajstić information content (AvgIpc) is 1.98. The van der Waals surface area contributed by atoms with Crippen LogP contribution in [0.5, 0.6) is 0 Å².